The SMILES string of the molecule is CCCNC(Cn1ccnc1C)C(=O)O. The van der Waals surface area contributed by atoms with Crippen molar-refractivity contribution in [3.63, 3.8) is 0 Å². The van der Waals surface area contributed by atoms with Gasteiger partial charge in [0.15, 0.2) is 0 Å². The maximum atomic E-state index is 10.9. The molecule has 15 heavy (non-hydrogen) atoms. The van der Waals surface area contributed by atoms with E-state index in [1.54, 1.807) is 12.4 Å². The molecule has 1 unspecified atom stereocenters. The fourth-order valence-electron chi connectivity index (χ4n) is 1.34. The zero-order valence-corrected chi connectivity index (χ0v) is 9.10. The second kappa shape index (κ2) is 5.50. The maximum Gasteiger partial charge on any atom is 0.322 e. The molecule has 0 fully saturated rings. The van der Waals surface area contributed by atoms with Crippen molar-refractivity contribution in [2.24, 2.45) is 0 Å². The molecule has 0 radical (unpaired) electrons. The summed E-state index contributed by atoms with van der Waals surface area (Å²) in [6.07, 6.45) is 4.39. The number of nitrogens with one attached hydrogen (secondary N) is 1. The predicted molar refractivity (Wildman–Crippen MR) is 56.7 cm³/mol. The molecule has 5 nitrogen and oxygen atoms in total. The second-order valence-corrected chi connectivity index (χ2v) is 3.47. The zero-order chi connectivity index (χ0) is 11.3. The van der Waals surface area contributed by atoms with Gasteiger partial charge in [-0.3, -0.25) is 4.79 Å². The average molecular weight is 211 g/mol. The van der Waals surface area contributed by atoms with Crippen LogP contribution < -0.4 is 5.32 Å². The van der Waals surface area contributed by atoms with Gasteiger partial charge in [-0.25, -0.2) is 4.98 Å². The molecular weight excluding hydrogens is 194 g/mol. The van der Waals surface area contributed by atoms with Crippen molar-refractivity contribution in [3.05, 3.63) is 18.2 Å². The topological polar surface area (TPSA) is 67.2 Å². The first-order valence-corrected chi connectivity index (χ1v) is 5.09. The van der Waals surface area contributed by atoms with E-state index in [4.69, 9.17) is 5.11 Å². The fourth-order valence-corrected chi connectivity index (χ4v) is 1.34. The molecule has 0 aliphatic heterocycles. The lowest BCUT2D eigenvalue weighted by Crippen LogP contribution is -2.40. The van der Waals surface area contributed by atoms with Crippen LogP contribution in [0.3, 0.4) is 0 Å². The molecule has 0 bridgehead atoms. The van der Waals surface area contributed by atoms with E-state index in [0.717, 1.165) is 12.2 Å². The van der Waals surface area contributed by atoms with Crippen LogP contribution in [0.2, 0.25) is 0 Å². The molecule has 1 atom stereocenters. The van der Waals surface area contributed by atoms with Gasteiger partial charge in [0, 0.05) is 18.9 Å². The molecule has 2 N–H and O–H groups in total. The molecule has 0 aromatic carbocycles. The van der Waals surface area contributed by atoms with E-state index < -0.39 is 12.0 Å². The van der Waals surface area contributed by atoms with Gasteiger partial charge in [0.25, 0.3) is 0 Å². The standard InChI is InChI=1S/C10H17N3O2/c1-3-4-12-9(10(14)15)7-13-6-5-11-8(13)2/h5-6,9,12H,3-4,7H2,1-2H3,(H,14,15). The molecule has 5 heteroatoms. The Bertz CT molecular complexity index is 322. The first-order chi connectivity index (χ1) is 7.15. The Labute approximate surface area is 89.1 Å². The van der Waals surface area contributed by atoms with Crippen LogP contribution in [0.1, 0.15) is 19.2 Å². The van der Waals surface area contributed by atoms with Gasteiger partial charge >= 0.3 is 5.97 Å². The van der Waals surface area contributed by atoms with Crippen molar-refractivity contribution in [2.45, 2.75) is 32.9 Å². The number of hydrogen-bond donors (Lipinski definition) is 2. The van der Waals surface area contributed by atoms with E-state index in [-0.39, 0.29) is 0 Å². The monoisotopic (exact) mass is 211 g/mol. The van der Waals surface area contributed by atoms with Gasteiger partial charge in [0.2, 0.25) is 0 Å². The van der Waals surface area contributed by atoms with Gasteiger partial charge < -0.3 is 15.0 Å². The zero-order valence-electron chi connectivity index (χ0n) is 9.10. The third-order valence-corrected chi connectivity index (χ3v) is 2.24. The van der Waals surface area contributed by atoms with Gasteiger partial charge in [-0.05, 0) is 19.9 Å². The third kappa shape index (κ3) is 3.36. The molecule has 0 aliphatic carbocycles. The van der Waals surface area contributed by atoms with Gasteiger partial charge in [-0.15, -0.1) is 0 Å². The highest BCUT2D eigenvalue weighted by molar-refractivity contribution is 5.73. The number of carbonyl (C=O) groups is 1. The minimum Gasteiger partial charge on any atom is -0.480 e. The van der Waals surface area contributed by atoms with E-state index >= 15 is 0 Å². The summed E-state index contributed by atoms with van der Waals surface area (Å²) >= 11 is 0. The first kappa shape index (κ1) is 11.7. The Kier molecular flexibility index (Phi) is 4.30. The van der Waals surface area contributed by atoms with Crippen molar-refractivity contribution >= 4 is 5.97 Å². The lowest BCUT2D eigenvalue weighted by Gasteiger charge is -2.15. The summed E-state index contributed by atoms with van der Waals surface area (Å²) < 4.78 is 1.83. The second-order valence-electron chi connectivity index (χ2n) is 3.47. The quantitative estimate of drug-likeness (QED) is 0.724. The molecule has 1 aromatic rings. The smallest absolute Gasteiger partial charge is 0.322 e. The number of aliphatic carboxylic acids is 1. The molecule has 0 amide bonds. The van der Waals surface area contributed by atoms with Crippen LogP contribution in [0.15, 0.2) is 12.4 Å². The highest BCUT2D eigenvalue weighted by atomic mass is 16.4. The maximum absolute atomic E-state index is 10.9. The van der Waals surface area contributed by atoms with Crippen molar-refractivity contribution in [3.8, 4) is 0 Å². The Balaban J connectivity index is 2.59. The minimum absolute atomic E-state index is 0.418. The normalized spacial score (nSPS) is 12.7. The Morgan fingerprint density at radius 1 is 1.73 bits per heavy atom. The van der Waals surface area contributed by atoms with Gasteiger partial charge in [0.05, 0.1) is 0 Å². The summed E-state index contributed by atoms with van der Waals surface area (Å²) in [5, 5.41) is 12.0. The number of carboxylic acid groups (broad SMARTS) is 1. The highest BCUT2D eigenvalue weighted by Crippen LogP contribution is 1.98. The number of carboxylic acids is 1. The largest absolute Gasteiger partial charge is 0.480 e. The first-order valence-electron chi connectivity index (χ1n) is 5.09. The molecule has 84 valence electrons. The summed E-state index contributed by atoms with van der Waals surface area (Å²) in [5.74, 6) is 0.0103. The van der Waals surface area contributed by atoms with E-state index in [1.807, 2.05) is 18.4 Å². The lowest BCUT2D eigenvalue weighted by molar-refractivity contribution is -0.139. The van der Waals surface area contributed by atoms with E-state index in [9.17, 15) is 4.79 Å². The van der Waals surface area contributed by atoms with Crippen LogP contribution in [0.4, 0.5) is 0 Å². The third-order valence-electron chi connectivity index (χ3n) is 2.24. The van der Waals surface area contributed by atoms with Crippen molar-refractivity contribution < 1.29 is 9.90 Å². The molecule has 0 saturated carbocycles. The molecule has 0 saturated heterocycles. The molecular formula is C10H17N3O2. The Hall–Kier alpha value is -1.36. The Morgan fingerprint density at radius 2 is 2.47 bits per heavy atom. The van der Waals surface area contributed by atoms with Crippen LogP contribution in [0.5, 0.6) is 0 Å². The predicted octanol–water partition coefficient (Wildman–Crippen LogP) is 0.644. The number of nitrogens with zero attached hydrogens (tertiary/aromatic N) is 2. The number of aryl methyl sites for hydroxylation is 1. The van der Waals surface area contributed by atoms with Crippen LogP contribution in [-0.4, -0.2) is 33.2 Å². The molecule has 1 rings (SSSR count). The van der Waals surface area contributed by atoms with E-state index in [1.165, 1.54) is 0 Å². The molecule has 0 aliphatic rings. The molecule has 1 heterocycles. The molecule has 1 aromatic heterocycles. The van der Waals surface area contributed by atoms with Crippen LogP contribution in [-0.2, 0) is 11.3 Å². The van der Waals surface area contributed by atoms with Crippen LogP contribution in [0.25, 0.3) is 0 Å². The highest BCUT2D eigenvalue weighted by Gasteiger charge is 2.17. The van der Waals surface area contributed by atoms with Crippen molar-refractivity contribution in [2.75, 3.05) is 6.54 Å². The van der Waals surface area contributed by atoms with Crippen molar-refractivity contribution in [1.82, 2.24) is 14.9 Å². The number of hydrogen-bond acceptors (Lipinski definition) is 3. The minimum atomic E-state index is -0.823. The lowest BCUT2D eigenvalue weighted by atomic mass is 10.3. The summed E-state index contributed by atoms with van der Waals surface area (Å²) in [7, 11) is 0. The number of aromatic nitrogens is 2. The number of rotatable bonds is 6. The van der Waals surface area contributed by atoms with Gasteiger partial charge in [-0.1, -0.05) is 6.92 Å². The average Bonchev–Trinajstić information content (AvgIpc) is 2.58. The van der Waals surface area contributed by atoms with Crippen molar-refractivity contribution in [1.29, 1.82) is 0 Å². The van der Waals surface area contributed by atoms with Crippen LogP contribution in [0, 0.1) is 6.92 Å². The summed E-state index contributed by atoms with van der Waals surface area (Å²) in [6.45, 7) is 5.00. The number of imidazole rings is 1. The fraction of sp³-hybridized carbons (Fsp3) is 0.600. The van der Waals surface area contributed by atoms with Gasteiger partial charge in [-0.2, -0.15) is 0 Å². The van der Waals surface area contributed by atoms with E-state index in [0.29, 0.717) is 13.1 Å². The van der Waals surface area contributed by atoms with Gasteiger partial charge in [0.1, 0.15) is 11.9 Å². The van der Waals surface area contributed by atoms with E-state index in [2.05, 4.69) is 10.3 Å². The van der Waals surface area contributed by atoms with Crippen LogP contribution >= 0.6 is 0 Å². The summed E-state index contributed by atoms with van der Waals surface area (Å²) in [4.78, 5) is 15.0. The Morgan fingerprint density at radius 3 is 2.93 bits per heavy atom. The summed E-state index contributed by atoms with van der Waals surface area (Å²) in [5.41, 5.74) is 0. The molecule has 0 spiro atoms. The summed E-state index contributed by atoms with van der Waals surface area (Å²) in [6, 6.07) is -0.544.